The number of para-hydroxylation sites is 1. The lowest BCUT2D eigenvalue weighted by Gasteiger charge is -1.92. The van der Waals surface area contributed by atoms with E-state index in [0.29, 0.717) is 0 Å². The van der Waals surface area contributed by atoms with E-state index in [9.17, 15) is 0 Å². The number of fused-ring (bicyclic) bond motifs is 5. The van der Waals surface area contributed by atoms with E-state index in [-0.39, 0.29) is 0 Å². The van der Waals surface area contributed by atoms with Gasteiger partial charge in [0.25, 0.3) is 0 Å². The molecule has 0 unspecified atom stereocenters. The second-order valence-corrected chi connectivity index (χ2v) is 5.84. The average molecular weight is 249 g/mol. The summed E-state index contributed by atoms with van der Waals surface area (Å²) < 4.78 is 1.31. The summed E-state index contributed by atoms with van der Waals surface area (Å²) in [5.74, 6) is 0. The largest absolute Gasteiger partial charge is 0.247 e. The molecule has 0 saturated heterocycles. The Bertz CT molecular complexity index is 844. The van der Waals surface area contributed by atoms with Crippen LogP contribution < -0.4 is 0 Å². The third kappa shape index (κ3) is 1.30. The highest BCUT2D eigenvalue weighted by Crippen LogP contribution is 2.37. The summed E-state index contributed by atoms with van der Waals surface area (Å²) in [6, 6.07) is 17.1. The maximum atomic E-state index is 4.80. The molecule has 1 aromatic carbocycles. The third-order valence-electron chi connectivity index (χ3n) is 3.33. The Labute approximate surface area is 109 Å². The molecule has 1 nitrogen and oxygen atoms in total. The lowest BCUT2D eigenvalue weighted by Crippen LogP contribution is -1.70. The first-order chi connectivity index (χ1) is 8.83. The molecule has 0 N–H and O–H groups in total. The Kier molecular flexibility index (Phi) is 1.97. The van der Waals surface area contributed by atoms with E-state index in [0.717, 1.165) is 11.2 Å². The first-order valence-corrected chi connectivity index (χ1v) is 6.82. The number of nitrogens with zero attached hydrogens (tertiary/aromatic N) is 1. The summed E-state index contributed by atoms with van der Waals surface area (Å²) in [4.78, 5) is 6.14. The Morgan fingerprint density at radius 3 is 2.78 bits per heavy atom. The van der Waals surface area contributed by atoms with Crippen molar-refractivity contribution in [3.05, 3.63) is 53.4 Å². The Balaban J connectivity index is 2.27. The summed E-state index contributed by atoms with van der Waals surface area (Å²) in [6.45, 7) is 2.15. The van der Waals surface area contributed by atoms with Gasteiger partial charge in [0.15, 0.2) is 0 Å². The minimum Gasteiger partial charge on any atom is -0.247 e. The maximum Gasteiger partial charge on any atom is 0.0803 e. The fourth-order valence-corrected chi connectivity index (χ4v) is 3.49. The Morgan fingerprint density at radius 2 is 1.83 bits per heavy atom. The van der Waals surface area contributed by atoms with Crippen molar-refractivity contribution in [2.45, 2.75) is 6.92 Å². The van der Waals surface area contributed by atoms with Crippen LogP contribution in [0.2, 0.25) is 0 Å². The predicted octanol–water partition coefficient (Wildman–Crippen LogP) is 4.86. The van der Waals surface area contributed by atoms with Crippen molar-refractivity contribution in [2.24, 2.45) is 0 Å². The minimum atomic E-state index is 1.09. The van der Waals surface area contributed by atoms with Crippen molar-refractivity contribution in [3.8, 4) is 11.3 Å². The van der Waals surface area contributed by atoms with Gasteiger partial charge in [0.05, 0.1) is 11.2 Å². The van der Waals surface area contributed by atoms with Gasteiger partial charge in [-0.1, -0.05) is 30.3 Å². The van der Waals surface area contributed by atoms with Crippen molar-refractivity contribution in [1.29, 1.82) is 0 Å². The molecule has 0 radical (unpaired) electrons. The molecule has 86 valence electrons. The highest BCUT2D eigenvalue weighted by atomic mass is 32.1. The lowest BCUT2D eigenvalue weighted by molar-refractivity contribution is 1.49. The first-order valence-electron chi connectivity index (χ1n) is 6.00. The molecule has 4 rings (SSSR count). The van der Waals surface area contributed by atoms with Gasteiger partial charge in [-0.25, -0.2) is 4.98 Å². The SMILES string of the molecule is Cc1cc2c3nc4ccccc4c-3cccc2s1. The molecule has 0 spiro atoms. The molecule has 2 heterocycles. The fraction of sp³-hybridized carbons (Fsp3) is 0.0625. The van der Waals surface area contributed by atoms with Gasteiger partial charge in [-0.15, -0.1) is 11.3 Å². The average Bonchev–Trinajstić information content (AvgIpc) is 2.87. The zero-order chi connectivity index (χ0) is 12.1. The van der Waals surface area contributed by atoms with Crippen LogP contribution in [0.1, 0.15) is 4.88 Å². The number of hydrogen-bond acceptors (Lipinski definition) is 2. The van der Waals surface area contributed by atoms with Gasteiger partial charge in [-0.05, 0) is 25.1 Å². The highest BCUT2D eigenvalue weighted by Gasteiger charge is 2.14. The van der Waals surface area contributed by atoms with E-state index in [4.69, 9.17) is 4.98 Å². The molecular weight excluding hydrogens is 238 g/mol. The van der Waals surface area contributed by atoms with Gasteiger partial charge in [0.1, 0.15) is 0 Å². The van der Waals surface area contributed by atoms with Gasteiger partial charge < -0.3 is 0 Å². The second-order valence-electron chi connectivity index (χ2n) is 4.55. The fourth-order valence-electron chi connectivity index (χ4n) is 2.55. The van der Waals surface area contributed by atoms with E-state index in [1.54, 1.807) is 0 Å². The summed E-state index contributed by atoms with van der Waals surface area (Å²) in [7, 11) is 0. The minimum absolute atomic E-state index is 1.09. The van der Waals surface area contributed by atoms with Gasteiger partial charge in [0, 0.05) is 25.9 Å². The van der Waals surface area contributed by atoms with Crippen molar-refractivity contribution in [2.75, 3.05) is 0 Å². The standard InChI is InChI=1S/C16H11NS/c1-10-9-13-15(18-10)8-4-6-12-11-5-2-3-7-14(11)17-16(12)13/h2-9H,1H3. The number of benzene rings is 1. The molecule has 2 aromatic rings. The van der Waals surface area contributed by atoms with Crippen molar-refractivity contribution >= 4 is 32.3 Å². The molecule has 0 amide bonds. The molecule has 0 atom stereocenters. The smallest absolute Gasteiger partial charge is 0.0803 e. The molecule has 1 aliphatic heterocycles. The van der Waals surface area contributed by atoms with Crippen molar-refractivity contribution in [1.82, 2.24) is 4.98 Å². The van der Waals surface area contributed by atoms with Crippen LogP contribution in [0.5, 0.6) is 0 Å². The van der Waals surface area contributed by atoms with E-state index < -0.39 is 0 Å². The summed E-state index contributed by atoms with van der Waals surface area (Å²) in [6.07, 6.45) is 0. The van der Waals surface area contributed by atoms with Gasteiger partial charge >= 0.3 is 0 Å². The number of rotatable bonds is 0. The zero-order valence-corrected chi connectivity index (χ0v) is 10.8. The topological polar surface area (TPSA) is 12.9 Å². The van der Waals surface area contributed by atoms with Crippen LogP contribution in [-0.2, 0) is 0 Å². The quantitative estimate of drug-likeness (QED) is 0.433. The maximum absolute atomic E-state index is 4.80. The van der Waals surface area contributed by atoms with Gasteiger partial charge in [0.2, 0.25) is 0 Å². The van der Waals surface area contributed by atoms with E-state index >= 15 is 0 Å². The molecule has 1 aliphatic carbocycles. The summed E-state index contributed by atoms with van der Waals surface area (Å²) in [5, 5.41) is 2.52. The molecule has 0 fully saturated rings. The van der Waals surface area contributed by atoms with Crippen LogP contribution >= 0.6 is 11.3 Å². The van der Waals surface area contributed by atoms with E-state index in [2.05, 4.69) is 49.4 Å². The van der Waals surface area contributed by atoms with Crippen LogP contribution in [0.4, 0.5) is 0 Å². The normalized spacial score (nSPS) is 11.6. The Morgan fingerprint density at radius 1 is 0.944 bits per heavy atom. The number of hydrogen-bond donors (Lipinski definition) is 0. The summed E-state index contributed by atoms with van der Waals surface area (Å²) in [5.41, 5.74) is 3.46. The highest BCUT2D eigenvalue weighted by molar-refractivity contribution is 7.19. The molecule has 2 aliphatic rings. The molecule has 1 aromatic heterocycles. The first kappa shape index (κ1) is 10.0. The van der Waals surface area contributed by atoms with E-state index in [1.807, 2.05) is 17.4 Å². The van der Waals surface area contributed by atoms with Crippen molar-refractivity contribution in [3.63, 3.8) is 0 Å². The molecule has 0 saturated carbocycles. The zero-order valence-electron chi connectivity index (χ0n) is 9.97. The van der Waals surface area contributed by atoms with Crippen LogP contribution in [0.3, 0.4) is 0 Å². The number of thiophene rings is 1. The molecule has 18 heavy (non-hydrogen) atoms. The van der Waals surface area contributed by atoms with Crippen LogP contribution in [-0.4, -0.2) is 4.98 Å². The number of aromatic nitrogens is 1. The predicted molar refractivity (Wildman–Crippen MR) is 78.5 cm³/mol. The van der Waals surface area contributed by atoms with Gasteiger partial charge in [-0.3, -0.25) is 0 Å². The van der Waals surface area contributed by atoms with Crippen LogP contribution in [0.15, 0.2) is 48.5 Å². The van der Waals surface area contributed by atoms with Crippen LogP contribution in [0.25, 0.3) is 32.2 Å². The molecule has 0 bridgehead atoms. The van der Waals surface area contributed by atoms with Crippen LogP contribution in [0, 0.1) is 6.92 Å². The Hall–Kier alpha value is -1.93. The summed E-state index contributed by atoms with van der Waals surface area (Å²) >= 11 is 1.83. The van der Waals surface area contributed by atoms with E-state index in [1.165, 1.54) is 25.9 Å². The monoisotopic (exact) mass is 249 g/mol. The third-order valence-corrected chi connectivity index (χ3v) is 4.35. The number of aryl methyl sites for hydroxylation is 1. The molecular formula is C16H11NS. The molecule has 2 heteroatoms. The van der Waals surface area contributed by atoms with Gasteiger partial charge in [-0.2, -0.15) is 0 Å². The van der Waals surface area contributed by atoms with Crippen molar-refractivity contribution < 1.29 is 0 Å². The second kappa shape index (κ2) is 3.53. The lowest BCUT2D eigenvalue weighted by atomic mass is 10.1.